The third kappa shape index (κ3) is 5.61. The number of thiophene rings is 1. The highest BCUT2D eigenvalue weighted by atomic mass is 32.1. The Morgan fingerprint density at radius 2 is 2.06 bits per heavy atom. The number of amides is 2. The monoisotopic (exact) mass is 459 g/mol. The molecule has 8 nitrogen and oxygen atoms in total. The number of nitrogens with zero attached hydrogens (tertiary/aromatic N) is 4. The summed E-state index contributed by atoms with van der Waals surface area (Å²) in [7, 11) is 0. The van der Waals surface area contributed by atoms with Gasteiger partial charge in [0.1, 0.15) is 11.1 Å². The molecule has 0 aliphatic carbocycles. The first kappa shape index (κ1) is 22.2. The zero-order chi connectivity index (χ0) is 23.0. The van der Waals surface area contributed by atoms with E-state index in [0.717, 1.165) is 21.6 Å². The van der Waals surface area contributed by atoms with Crippen LogP contribution in [0.25, 0.3) is 6.08 Å². The minimum Gasteiger partial charge on any atom is -0.449 e. The summed E-state index contributed by atoms with van der Waals surface area (Å²) in [6, 6.07) is 9.61. The number of hydrogen-bond donors (Lipinski definition) is 1. The molecule has 2 amide bonds. The summed E-state index contributed by atoms with van der Waals surface area (Å²) < 4.78 is 5.42. The first-order chi connectivity index (χ1) is 16.1. The van der Waals surface area contributed by atoms with Gasteiger partial charge in [0, 0.05) is 48.7 Å². The van der Waals surface area contributed by atoms with E-state index in [4.69, 9.17) is 4.74 Å². The normalized spacial score (nSPS) is 12.8. The molecule has 0 saturated carbocycles. The van der Waals surface area contributed by atoms with E-state index in [1.807, 2.05) is 18.2 Å². The van der Waals surface area contributed by atoms with E-state index in [2.05, 4.69) is 21.4 Å². The van der Waals surface area contributed by atoms with Crippen molar-refractivity contribution in [2.75, 3.05) is 18.5 Å². The fourth-order valence-electron chi connectivity index (χ4n) is 3.46. The Kier molecular flexibility index (Phi) is 7.07. The minimum atomic E-state index is -0.388. The van der Waals surface area contributed by atoms with E-state index in [0.29, 0.717) is 36.5 Å². The molecule has 3 aromatic heterocycles. The topological polar surface area (TPSA) is 108 Å². The molecule has 0 saturated heterocycles. The molecule has 4 rings (SSSR count). The summed E-state index contributed by atoms with van der Waals surface area (Å²) in [6.45, 7) is 1.08. The third-order valence-electron chi connectivity index (χ3n) is 5.11. The molecule has 0 unspecified atom stereocenters. The van der Waals surface area contributed by atoms with Gasteiger partial charge in [-0.15, -0.1) is 11.3 Å². The van der Waals surface area contributed by atoms with Crippen LogP contribution >= 0.6 is 11.3 Å². The fourth-order valence-corrected chi connectivity index (χ4v) is 4.68. The maximum atomic E-state index is 12.5. The highest BCUT2D eigenvalue weighted by Crippen LogP contribution is 2.36. The average molecular weight is 460 g/mol. The van der Waals surface area contributed by atoms with E-state index < -0.39 is 0 Å². The predicted octanol–water partition coefficient (Wildman–Crippen LogP) is 3.80. The van der Waals surface area contributed by atoms with Crippen LogP contribution in [0.15, 0.2) is 55.1 Å². The van der Waals surface area contributed by atoms with Gasteiger partial charge in [0.2, 0.25) is 5.91 Å². The third-order valence-corrected chi connectivity index (χ3v) is 6.25. The van der Waals surface area contributed by atoms with Gasteiger partial charge in [0.25, 0.3) is 0 Å². The highest BCUT2D eigenvalue weighted by Gasteiger charge is 2.28. The van der Waals surface area contributed by atoms with Crippen LogP contribution in [0.3, 0.4) is 0 Å². The molecule has 166 valence electrons. The molecular formula is C24H21N5O3S. The lowest BCUT2D eigenvalue weighted by Gasteiger charge is -2.26. The van der Waals surface area contributed by atoms with Crippen molar-refractivity contribution in [3.8, 4) is 6.07 Å². The van der Waals surface area contributed by atoms with Gasteiger partial charge in [0.15, 0.2) is 0 Å². The molecule has 9 heteroatoms. The lowest BCUT2D eigenvalue weighted by Crippen LogP contribution is -2.36. The van der Waals surface area contributed by atoms with Crippen LogP contribution in [0.4, 0.5) is 9.80 Å². The van der Waals surface area contributed by atoms with Crippen LogP contribution in [0.2, 0.25) is 0 Å². The Morgan fingerprint density at radius 3 is 2.79 bits per heavy atom. The largest absolute Gasteiger partial charge is 0.449 e. The average Bonchev–Trinajstić information content (AvgIpc) is 3.20. The van der Waals surface area contributed by atoms with Crippen molar-refractivity contribution in [1.82, 2.24) is 14.9 Å². The molecule has 0 spiro atoms. The number of pyridine rings is 2. The van der Waals surface area contributed by atoms with Crippen LogP contribution in [0.1, 0.15) is 27.1 Å². The van der Waals surface area contributed by atoms with Gasteiger partial charge < -0.3 is 15.0 Å². The van der Waals surface area contributed by atoms with E-state index in [-0.39, 0.29) is 18.6 Å². The molecule has 1 aliphatic heterocycles. The van der Waals surface area contributed by atoms with E-state index in [1.54, 1.807) is 41.8 Å². The molecule has 0 aromatic carbocycles. The van der Waals surface area contributed by atoms with Crippen molar-refractivity contribution in [1.29, 1.82) is 5.26 Å². The number of ether oxygens (including phenoxy) is 1. The summed E-state index contributed by atoms with van der Waals surface area (Å²) >= 11 is 1.32. The number of nitriles is 1. The zero-order valence-electron chi connectivity index (χ0n) is 17.7. The van der Waals surface area contributed by atoms with Crippen LogP contribution in [0.5, 0.6) is 0 Å². The van der Waals surface area contributed by atoms with Crippen LogP contribution in [-0.4, -0.2) is 40.0 Å². The number of anilines is 1. The van der Waals surface area contributed by atoms with Crippen molar-refractivity contribution in [3.63, 3.8) is 0 Å². The second-order valence-electron chi connectivity index (χ2n) is 7.33. The number of aromatic nitrogens is 2. The number of carbonyl (C=O) groups excluding carboxylic acids is 2. The molecule has 3 aromatic rings. The Hall–Kier alpha value is -4.03. The number of hydrogen-bond acceptors (Lipinski definition) is 7. The van der Waals surface area contributed by atoms with Gasteiger partial charge in [-0.25, -0.2) is 4.79 Å². The summed E-state index contributed by atoms with van der Waals surface area (Å²) in [6.07, 6.45) is 10.6. The molecule has 0 fully saturated rings. The minimum absolute atomic E-state index is 0.270. The van der Waals surface area contributed by atoms with Crippen LogP contribution in [-0.2, 0) is 28.9 Å². The Balaban J connectivity index is 1.37. The summed E-state index contributed by atoms with van der Waals surface area (Å²) in [5, 5.41) is 12.9. The predicted molar refractivity (Wildman–Crippen MR) is 124 cm³/mol. The van der Waals surface area contributed by atoms with Crippen molar-refractivity contribution in [3.05, 3.63) is 82.3 Å². The summed E-state index contributed by atoms with van der Waals surface area (Å²) in [4.78, 5) is 35.4. The Morgan fingerprint density at radius 1 is 1.24 bits per heavy atom. The first-order valence-corrected chi connectivity index (χ1v) is 11.2. The van der Waals surface area contributed by atoms with E-state index in [9.17, 15) is 14.9 Å². The first-order valence-electron chi connectivity index (χ1n) is 10.4. The molecule has 1 N–H and O–H groups in total. The summed E-state index contributed by atoms with van der Waals surface area (Å²) in [5.41, 5.74) is 3.15. The SMILES string of the molecule is N#Cc1c(NC(=O)/C=C/c2cccnc2)sc2c1CCN(C(=O)OCCc1cccnc1)C2. The summed E-state index contributed by atoms with van der Waals surface area (Å²) in [5.74, 6) is -0.333. The zero-order valence-corrected chi connectivity index (χ0v) is 18.5. The maximum absolute atomic E-state index is 12.5. The van der Waals surface area contributed by atoms with E-state index in [1.165, 1.54) is 17.4 Å². The van der Waals surface area contributed by atoms with Crippen LogP contribution < -0.4 is 5.32 Å². The van der Waals surface area contributed by atoms with Crippen LogP contribution in [0, 0.1) is 11.3 Å². The van der Waals surface area contributed by atoms with Crippen molar-refractivity contribution in [2.24, 2.45) is 0 Å². The second kappa shape index (κ2) is 10.5. The van der Waals surface area contributed by atoms with Crippen molar-refractivity contribution >= 4 is 34.4 Å². The standard InChI is InChI=1S/C24H21N5O3S/c25-13-20-19-7-11-29(24(31)32-12-8-18-4-2-10-27-15-18)16-21(19)33-23(20)28-22(30)6-5-17-3-1-9-26-14-17/h1-6,9-10,14-15H,7-8,11-12,16H2,(H,28,30)/b6-5+. The van der Waals surface area contributed by atoms with Gasteiger partial charge in [-0.05, 0) is 41.3 Å². The molecule has 0 atom stereocenters. The molecule has 33 heavy (non-hydrogen) atoms. The van der Waals surface area contributed by atoms with Crippen molar-refractivity contribution < 1.29 is 14.3 Å². The number of nitrogens with one attached hydrogen (secondary N) is 1. The number of rotatable bonds is 6. The lowest BCUT2D eigenvalue weighted by molar-refractivity contribution is -0.111. The van der Waals surface area contributed by atoms with Gasteiger partial charge in [-0.2, -0.15) is 5.26 Å². The molecule has 4 heterocycles. The quantitative estimate of drug-likeness (QED) is 0.562. The molecule has 0 bridgehead atoms. The smallest absolute Gasteiger partial charge is 0.410 e. The second-order valence-corrected chi connectivity index (χ2v) is 8.43. The highest BCUT2D eigenvalue weighted by molar-refractivity contribution is 7.16. The molecule has 0 radical (unpaired) electrons. The number of carbonyl (C=O) groups is 2. The fraction of sp³-hybridized carbons (Fsp3) is 0.208. The van der Waals surface area contributed by atoms with Crippen molar-refractivity contribution in [2.45, 2.75) is 19.4 Å². The maximum Gasteiger partial charge on any atom is 0.410 e. The van der Waals surface area contributed by atoms with Gasteiger partial charge in [0.05, 0.1) is 18.7 Å². The lowest BCUT2D eigenvalue weighted by atomic mass is 10.0. The van der Waals surface area contributed by atoms with Gasteiger partial charge >= 0.3 is 6.09 Å². The van der Waals surface area contributed by atoms with Gasteiger partial charge in [-0.3, -0.25) is 14.8 Å². The molecular weight excluding hydrogens is 438 g/mol. The Bertz CT molecular complexity index is 1200. The van der Waals surface area contributed by atoms with Gasteiger partial charge in [-0.1, -0.05) is 12.1 Å². The number of fused-ring (bicyclic) bond motifs is 1. The molecule has 1 aliphatic rings. The Labute approximate surface area is 195 Å². The van der Waals surface area contributed by atoms with E-state index >= 15 is 0 Å².